The molecule has 7 heteroatoms. The molecule has 1 aliphatic heterocycles. The van der Waals surface area contributed by atoms with E-state index in [0.717, 1.165) is 66.6 Å². The molecule has 5 aromatic rings. The molecule has 6 rings (SSSR count). The Morgan fingerprint density at radius 2 is 1.62 bits per heavy atom. The Morgan fingerprint density at radius 3 is 2.38 bits per heavy atom. The first-order valence-corrected chi connectivity index (χ1v) is 12.4. The van der Waals surface area contributed by atoms with E-state index in [1.807, 2.05) is 60.7 Å². The molecule has 0 unspecified atom stereocenters. The van der Waals surface area contributed by atoms with Crippen LogP contribution in [0.2, 0.25) is 0 Å². The number of nitrogens with zero attached hydrogens (tertiary/aromatic N) is 3. The number of benzene rings is 3. The summed E-state index contributed by atoms with van der Waals surface area (Å²) in [7, 11) is 0. The van der Waals surface area contributed by atoms with Crippen molar-refractivity contribution in [2.75, 3.05) is 31.6 Å². The monoisotopic (exact) mass is 489 g/mol. The first-order valence-electron chi connectivity index (χ1n) is 12.4. The standard InChI is InChI=1S/C30H27N5O2/c36-30(32-25-4-2-1-3-5-25)24-12-10-22(11-13-24)26-14-15-31-29-27(26)33-28(34-29)23-8-6-21(7-9-23)20-35-16-18-37-19-17-35/h1-15H,16-20H2,(H,32,36)(H,31,33,34). The fourth-order valence-corrected chi connectivity index (χ4v) is 4.60. The van der Waals surface area contributed by atoms with Gasteiger partial charge in [-0.05, 0) is 41.5 Å². The Kier molecular flexibility index (Phi) is 6.45. The summed E-state index contributed by atoms with van der Waals surface area (Å²) in [5, 5.41) is 2.92. The van der Waals surface area contributed by atoms with E-state index in [0.29, 0.717) is 11.2 Å². The third kappa shape index (κ3) is 5.14. The molecule has 7 nitrogen and oxygen atoms in total. The number of amides is 1. The lowest BCUT2D eigenvalue weighted by Crippen LogP contribution is -2.35. The lowest BCUT2D eigenvalue weighted by Gasteiger charge is -2.26. The first kappa shape index (κ1) is 23.1. The zero-order chi connectivity index (χ0) is 25.0. The zero-order valence-electron chi connectivity index (χ0n) is 20.4. The maximum absolute atomic E-state index is 12.6. The van der Waals surface area contributed by atoms with E-state index in [2.05, 4.69) is 44.5 Å². The van der Waals surface area contributed by atoms with Crippen LogP contribution in [0.4, 0.5) is 5.69 Å². The van der Waals surface area contributed by atoms with Gasteiger partial charge in [-0.3, -0.25) is 9.69 Å². The number of hydrogen-bond acceptors (Lipinski definition) is 5. The van der Waals surface area contributed by atoms with E-state index in [-0.39, 0.29) is 5.91 Å². The van der Waals surface area contributed by atoms with Crippen LogP contribution < -0.4 is 5.32 Å². The fraction of sp³-hybridized carbons (Fsp3) is 0.167. The van der Waals surface area contributed by atoms with Crippen LogP contribution in [0.15, 0.2) is 91.1 Å². The summed E-state index contributed by atoms with van der Waals surface area (Å²) >= 11 is 0. The molecule has 0 saturated carbocycles. The van der Waals surface area contributed by atoms with Gasteiger partial charge in [-0.2, -0.15) is 0 Å². The van der Waals surface area contributed by atoms with E-state index in [1.54, 1.807) is 6.20 Å². The number of hydrogen-bond donors (Lipinski definition) is 2. The second-order valence-corrected chi connectivity index (χ2v) is 9.13. The molecular weight excluding hydrogens is 462 g/mol. The van der Waals surface area contributed by atoms with Crippen LogP contribution in [0.3, 0.4) is 0 Å². The maximum atomic E-state index is 12.6. The molecule has 0 spiro atoms. The van der Waals surface area contributed by atoms with Crippen molar-refractivity contribution < 1.29 is 9.53 Å². The molecule has 0 atom stereocenters. The van der Waals surface area contributed by atoms with Gasteiger partial charge < -0.3 is 15.0 Å². The number of para-hydroxylation sites is 1. The Bertz CT molecular complexity index is 1510. The number of imidazole rings is 1. The average molecular weight is 490 g/mol. The molecule has 0 bridgehead atoms. The molecule has 1 amide bonds. The van der Waals surface area contributed by atoms with Crippen LogP contribution in [-0.2, 0) is 11.3 Å². The topological polar surface area (TPSA) is 83.1 Å². The number of fused-ring (bicyclic) bond motifs is 1. The molecule has 37 heavy (non-hydrogen) atoms. The van der Waals surface area contributed by atoms with Crippen molar-refractivity contribution in [2.45, 2.75) is 6.54 Å². The largest absolute Gasteiger partial charge is 0.379 e. The van der Waals surface area contributed by atoms with Crippen LogP contribution in [-0.4, -0.2) is 52.1 Å². The zero-order valence-corrected chi connectivity index (χ0v) is 20.4. The predicted octanol–water partition coefficient (Wildman–Crippen LogP) is 5.38. The number of anilines is 1. The smallest absolute Gasteiger partial charge is 0.255 e. The summed E-state index contributed by atoms with van der Waals surface area (Å²) in [6.45, 7) is 4.47. The number of morpholine rings is 1. The van der Waals surface area contributed by atoms with E-state index in [1.165, 1.54) is 5.56 Å². The molecule has 0 aliphatic carbocycles. The van der Waals surface area contributed by atoms with Gasteiger partial charge in [-0.15, -0.1) is 0 Å². The number of H-pyrrole nitrogens is 1. The minimum atomic E-state index is -0.140. The number of pyridine rings is 1. The van der Waals surface area contributed by atoms with Crippen LogP contribution in [0.5, 0.6) is 0 Å². The molecule has 1 saturated heterocycles. The van der Waals surface area contributed by atoms with Gasteiger partial charge in [0.25, 0.3) is 5.91 Å². The maximum Gasteiger partial charge on any atom is 0.255 e. The van der Waals surface area contributed by atoms with E-state index >= 15 is 0 Å². The average Bonchev–Trinajstić information content (AvgIpc) is 3.39. The van der Waals surface area contributed by atoms with Gasteiger partial charge in [0, 0.05) is 48.2 Å². The van der Waals surface area contributed by atoms with Gasteiger partial charge >= 0.3 is 0 Å². The summed E-state index contributed by atoms with van der Waals surface area (Å²) in [6.07, 6.45) is 1.77. The lowest BCUT2D eigenvalue weighted by atomic mass is 10.0. The van der Waals surface area contributed by atoms with Crippen LogP contribution >= 0.6 is 0 Å². The van der Waals surface area contributed by atoms with Crippen LogP contribution in [0, 0.1) is 0 Å². The highest BCUT2D eigenvalue weighted by Crippen LogP contribution is 2.29. The Labute approximate surface area is 215 Å². The van der Waals surface area contributed by atoms with Crippen molar-refractivity contribution in [1.29, 1.82) is 0 Å². The minimum absolute atomic E-state index is 0.140. The second kappa shape index (κ2) is 10.3. The molecule has 1 aliphatic rings. The molecule has 2 N–H and O–H groups in total. The van der Waals surface area contributed by atoms with Crippen LogP contribution in [0.1, 0.15) is 15.9 Å². The highest BCUT2D eigenvalue weighted by Gasteiger charge is 2.14. The summed E-state index contributed by atoms with van der Waals surface area (Å²) < 4.78 is 5.45. The van der Waals surface area contributed by atoms with Gasteiger partial charge in [0.15, 0.2) is 5.65 Å². The van der Waals surface area contributed by atoms with Crippen molar-refractivity contribution in [3.05, 3.63) is 102 Å². The molecule has 3 heterocycles. The van der Waals surface area contributed by atoms with Gasteiger partial charge in [0.2, 0.25) is 0 Å². The molecular formula is C30H27N5O2. The van der Waals surface area contributed by atoms with Crippen molar-refractivity contribution in [3.8, 4) is 22.5 Å². The number of carbonyl (C=O) groups is 1. The Morgan fingerprint density at radius 1 is 0.892 bits per heavy atom. The minimum Gasteiger partial charge on any atom is -0.379 e. The van der Waals surface area contributed by atoms with Crippen molar-refractivity contribution >= 4 is 22.8 Å². The van der Waals surface area contributed by atoms with Gasteiger partial charge in [-0.1, -0.05) is 54.6 Å². The lowest BCUT2D eigenvalue weighted by molar-refractivity contribution is 0.0342. The molecule has 184 valence electrons. The molecule has 1 fully saturated rings. The number of aromatic amines is 1. The third-order valence-corrected chi connectivity index (χ3v) is 6.62. The molecule has 2 aromatic heterocycles. The Hall–Kier alpha value is -4.33. The molecule has 0 radical (unpaired) electrons. The van der Waals surface area contributed by atoms with Crippen molar-refractivity contribution in [2.24, 2.45) is 0 Å². The third-order valence-electron chi connectivity index (χ3n) is 6.62. The van der Waals surface area contributed by atoms with Gasteiger partial charge in [-0.25, -0.2) is 9.97 Å². The first-order chi connectivity index (χ1) is 18.2. The van der Waals surface area contributed by atoms with Crippen LogP contribution in [0.25, 0.3) is 33.7 Å². The van der Waals surface area contributed by atoms with Gasteiger partial charge in [0.1, 0.15) is 5.82 Å². The number of nitrogens with one attached hydrogen (secondary N) is 2. The highest BCUT2D eigenvalue weighted by atomic mass is 16.5. The highest BCUT2D eigenvalue weighted by molar-refractivity contribution is 6.04. The number of aromatic nitrogens is 3. The summed E-state index contributed by atoms with van der Waals surface area (Å²) in [5.74, 6) is 0.644. The van der Waals surface area contributed by atoms with Gasteiger partial charge in [0.05, 0.1) is 18.7 Å². The normalized spacial score (nSPS) is 14.1. The van der Waals surface area contributed by atoms with Crippen molar-refractivity contribution in [1.82, 2.24) is 19.9 Å². The summed E-state index contributed by atoms with van der Waals surface area (Å²) in [4.78, 5) is 27.7. The second-order valence-electron chi connectivity index (χ2n) is 9.13. The quantitative estimate of drug-likeness (QED) is 0.335. The van der Waals surface area contributed by atoms with E-state index in [9.17, 15) is 4.79 Å². The summed E-state index contributed by atoms with van der Waals surface area (Å²) in [6, 6.07) is 27.5. The van der Waals surface area contributed by atoms with E-state index in [4.69, 9.17) is 9.72 Å². The molecule has 3 aromatic carbocycles. The Balaban J connectivity index is 1.21. The number of rotatable bonds is 6. The van der Waals surface area contributed by atoms with Crippen molar-refractivity contribution in [3.63, 3.8) is 0 Å². The fourth-order valence-electron chi connectivity index (χ4n) is 4.60. The predicted molar refractivity (Wildman–Crippen MR) is 145 cm³/mol. The number of carbonyl (C=O) groups excluding carboxylic acids is 1. The summed E-state index contributed by atoms with van der Waals surface area (Å²) in [5.41, 5.74) is 7.17. The van der Waals surface area contributed by atoms with E-state index < -0.39 is 0 Å². The number of ether oxygens (including phenoxy) is 1. The SMILES string of the molecule is O=C(Nc1ccccc1)c1ccc(-c2ccnc3nc(-c4ccc(CN5CCOCC5)cc4)[nH]c23)cc1.